The lowest BCUT2D eigenvalue weighted by Crippen LogP contribution is -2.13. The Morgan fingerprint density at radius 2 is 2.17 bits per heavy atom. The van der Waals surface area contributed by atoms with Crippen molar-refractivity contribution < 1.29 is 8.42 Å². The Bertz CT molecular complexity index is 636. The van der Waals surface area contributed by atoms with Crippen LogP contribution in [0.4, 0.5) is 5.69 Å². The number of nitrogens with zero attached hydrogens (tertiary/aromatic N) is 3. The number of sulfonamides is 1. The molecule has 6 nitrogen and oxygen atoms in total. The van der Waals surface area contributed by atoms with Crippen LogP contribution in [0.3, 0.4) is 0 Å². The molecule has 0 aliphatic heterocycles. The van der Waals surface area contributed by atoms with Gasteiger partial charge in [0.05, 0.1) is 18.2 Å². The van der Waals surface area contributed by atoms with Gasteiger partial charge in [0.25, 0.3) is 10.0 Å². The van der Waals surface area contributed by atoms with E-state index in [1.54, 1.807) is 4.57 Å². The van der Waals surface area contributed by atoms with E-state index >= 15 is 0 Å². The minimum absolute atomic E-state index is 0.0284. The molecule has 0 radical (unpaired) electrons. The smallest absolute Gasteiger partial charge is 0.280 e. The number of imidazole rings is 1. The summed E-state index contributed by atoms with van der Waals surface area (Å²) in [5.41, 5.74) is 0.338. The lowest BCUT2D eigenvalue weighted by molar-refractivity contribution is 0.598. The highest BCUT2D eigenvalue weighted by Crippen LogP contribution is 2.15. The van der Waals surface area contributed by atoms with Crippen molar-refractivity contribution in [2.24, 2.45) is 0 Å². The number of hydrogen-bond donors (Lipinski definition) is 1. The summed E-state index contributed by atoms with van der Waals surface area (Å²) >= 11 is 5.62. The standard InChI is InChI=1S/C10H11ClN4O2S/c1-2-15-6-10(13-7-15)18(16,17)14-8-3-4-9(11)12-5-8/h3-7,14H,2H2,1H3. The van der Waals surface area contributed by atoms with E-state index in [-0.39, 0.29) is 5.03 Å². The Labute approximate surface area is 110 Å². The summed E-state index contributed by atoms with van der Waals surface area (Å²) in [7, 11) is -3.68. The van der Waals surface area contributed by atoms with Crippen molar-refractivity contribution in [2.45, 2.75) is 18.5 Å². The molecule has 2 aromatic heterocycles. The first-order chi connectivity index (χ1) is 8.51. The van der Waals surface area contributed by atoms with Gasteiger partial charge in [0.15, 0.2) is 5.03 Å². The van der Waals surface area contributed by atoms with Gasteiger partial charge < -0.3 is 4.57 Å². The predicted molar refractivity (Wildman–Crippen MR) is 68.0 cm³/mol. The lowest BCUT2D eigenvalue weighted by atomic mass is 10.4. The zero-order chi connectivity index (χ0) is 13.2. The Morgan fingerprint density at radius 3 is 2.72 bits per heavy atom. The molecule has 0 unspecified atom stereocenters. The monoisotopic (exact) mass is 286 g/mol. The van der Waals surface area contributed by atoms with E-state index in [0.717, 1.165) is 0 Å². The van der Waals surface area contributed by atoms with Gasteiger partial charge in [-0.2, -0.15) is 8.42 Å². The average molecular weight is 287 g/mol. The molecule has 0 saturated heterocycles. The van der Waals surface area contributed by atoms with Crippen molar-refractivity contribution in [2.75, 3.05) is 4.72 Å². The largest absolute Gasteiger partial charge is 0.336 e. The second-order valence-corrected chi connectivity index (χ2v) is 5.53. The summed E-state index contributed by atoms with van der Waals surface area (Å²) in [6.45, 7) is 2.56. The lowest BCUT2D eigenvalue weighted by Gasteiger charge is -2.04. The van der Waals surface area contributed by atoms with Crippen molar-refractivity contribution in [3.05, 3.63) is 36.0 Å². The van der Waals surface area contributed by atoms with Gasteiger partial charge in [-0.1, -0.05) is 11.6 Å². The molecule has 0 aliphatic carbocycles. The maximum atomic E-state index is 12.0. The minimum atomic E-state index is -3.68. The van der Waals surface area contributed by atoms with Crippen molar-refractivity contribution in [3.8, 4) is 0 Å². The van der Waals surface area contributed by atoms with Crippen LogP contribution in [0.1, 0.15) is 6.92 Å². The van der Waals surface area contributed by atoms with E-state index in [4.69, 9.17) is 11.6 Å². The number of aromatic nitrogens is 3. The van der Waals surface area contributed by atoms with Crippen LogP contribution in [0, 0.1) is 0 Å². The van der Waals surface area contributed by atoms with Gasteiger partial charge in [0.2, 0.25) is 0 Å². The predicted octanol–water partition coefficient (Wildman–Crippen LogP) is 1.75. The van der Waals surface area contributed by atoms with Crippen molar-refractivity contribution in [1.82, 2.24) is 14.5 Å². The van der Waals surface area contributed by atoms with Crippen LogP contribution >= 0.6 is 11.6 Å². The molecule has 0 spiro atoms. The molecule has 0 atom stereocenters. The van der Waals surface area contributed by atoms with Gasteiger partial charge in [-0.05, 0) is 19.1 Å². The van der Waals surface area contributed by atoms with Gasteiger partial charge in [-0.25, -0.2) is 9.97 Å². The van der Waals surface area contributed by atoms with E-state index in [0.29, 0.717) is 17.4 Å². The molecule has 8 heteroatoms. The van der Waals surface area contributed by atoms with Crippen LogP contribution in [0.15, 0.2) is 35.9 Å². The summed E-state index contributed by atoms with van der Waals surface area (Å²) in [6, 6.07) is 3.04. The zero-order valence-electron chi connectivity index (χ0n) is 9.54. The van der Waals surface area contributed by atoms with Gasteiger partial charge in [-0.3, -0.25) is 4.72 Å². The molecule has 96 valence electrons. The maximum Gasteiger partial charge on any atom is 0.280 e. The Balaban J connectivity index is 2.24. The number of rotatable bonds is 4. The molecule has 0 fully saturated rings. The van der Waals surface area contributed by atoms with E-state index in [9.17, 15) is 8.42 Å². The summed E-state index contributed by atoms with van der Waals surface area (Å²) in [6.07, 6.45) is 4.27. The fourth-order valence-corrected chi connectivity index (χ4v) is 2.40. The van der Waals surface area contributed by atoms with Crippen molar-refractivity contribution in [3.63, 3.8) is 0 Å². The summed E-state index contributed by atoms with van der Waals surface area (Å²) in [5, 5.41) is 0.271. The van der Waals surface area contributed by atoms with Gasteiger partial charge in [-0.15, -0.1) is 0 Å². The number of aryl methyl sites for hydroxylation is 1. The third-order valence-corrected chi connectivity index (χ3v) is 3.72. The second kappa shape index (κ2) is 4.95. The molecule has 0 aromatic carbocycles. The van der Waals surface area contributed by atoms with Crippen LogP contribution < -0.4 is 4.72 Å². The fraction of sp³-hybridized carbons (Fsp3) is 0.200. The highest BCUT2D eigenvalue weighted by Gasteiger charge is 2.17. The van der Waals surface area contributed by atoms with Crippen molar-refractivity contribution >= 4 is 27.3 Å². The quantitative estimate of drug-likeness (QED) is 0.869. The molecule has 0 aliphatic rings. The highest BCUT2D eigenvalue weighted by molar-refractivity contribution is 7.92. The molecule has 2 rings (SSSR count). The number of halogens is 1. The molecule has 2 aromatic rings. The van der Waals surface area contributed by atoms with Gasteiger partial charge >= 0.3 is 0 Å². The topological polar surface area (TPSA) is 76.9 Å². The first-order valence-electron chi connectivity index (χ1n) is 5.17. The van der Waals surface area contributed by atoms with Crippen molar-refractivity contribution in [1.29, 1.82) is 0 Å². The second-order valence-electron chi connectivity index (χ2n) is 3.52. The van der Waals surface area contributed by atoms with E-state index in [1.807, 2.05) is 6.92 Å². The third-order valence-electron chi connectivity index (χ3n) is 2.23. The molecule has 0 amide bonds. The molecular weight excluding hydrogens is 276 g/mol. The van der Waals surface area contributed by atoms with E-state index < -0.39 is 10.0 Å². The Kier molecular flexibility index (Phi) is 3.53. The normalized spacial score (nSPS) is 11.4. The van der Waals surface area contributed by atoms with Crippen LogP contribution in [-0.2, 0) is 16.6 Å². The zero-order valence-corrected chi connectivity index (χ0v) is 11.1. The first-order valence-corrected chi connectivity index (χ1v) is 7.03. The van der Waals surface area contributed by atoms with Crippen LogP contribution in [0.5, 0.6) is 0 Å². The van der Waals surface area contributed by atoms with Gasteiger partial charge in [0.1, 0.15) is 5.15 Å². The molecule has 0 saturated carbocycles. The molecular formula is C10H11ClN4O2S. The third kappa shape index (κ3) is 2.80. The summed E-state index contributed by atoms with van der Waals surface area (Å²) < 4.78 is 28.0. The fourth-order valence-electron chi connectivity index (χ4n) is 1.29. The summed E-state index contributed by atoms with van der Waals surface area (Å²) in [4.78, 5) is 7.63. The summed E-state index contributed by atoms with van der Waals surface area (Å²) in [5.74, 6) is 0. The van der Waals surface area contributed by atoms with E-state index in [1.165, 1.54) is 30.9 Å². The molecule has 0 bridgehead atoms. The Morgan fingerprint density at radius 1 is 1.39 bits per heavy atom. The SMILES string of the molecule is CCn1cnc(S(=O)(=O)Nc2ccc(Cl)nc2)c1. The average Bonchev–Trinajstić information content (AvgIpc) is 2.81. The maximum absolute atomic E-state index is 12.0. The minimum Gasteiger partial charge on any atom is -0.336 e. The number of nitrogens with one attached hydrogen (secondary N) is 1. The van der Waals surface area contributed by atoms with Crippen LogP contribution in [0.2, 0.25) is 5.15 Å². The van der Waals surface area contributed by atoms with E-state index in [2.05, 4.69) is 14.7 Å². The Hall–Kier alpha value is -1.60. The number of anilines is 1. The number of pyridine rings is 1. The molecule has 18 heavy (non-hydrogen) atoms. The molecule has 1 N–H and O–H groups in total. The first kappa shape index (κ1) is 12.8. The highest BCUT2D eigenvalue weighted by atomic mass is 35.5. The number of hydrogen-bond acceptors (Lipinski definition) is 4. The van der Waals surface area contributed by atoms with Crippen LogP contribution in [-0.4, -0.2) is 23.0 Å². The molecule has 2 heterocycles. The van der Waals surface area contributed by atoms with Crippen LogP contribution in [0.25, 0.3) is 0 Å². The van der Waals surface area contributed by atoms with Gasteiger partial charge in [0, 0.05) is 12.7 Å².